The Balaban J connectivity index is 1.64. The molecule has 5 nitrogen and oxygen atoms in total. The van der Waals surface area contributed by atoms with Crippen molar-refractivity contribution in [2.75, 3.05) is 13.2 Å². The minimum atomic E-state index is -0.0966. The van der Waals surface area contributed by atoms with Gasteiger partial charge in [0.05, 0.1) is 19.1 Å². The molecule has 1 heterocycles. The van der Waals surface area contributed by atoms with E-state index in [0.29, 0.717) is 31.1 Å². The number of aromatic hydroxyl groups is 1. The number of benzene rings is 2. The van der Waals surface area contributed by atoms with Gasteiger partial charge in [-0.3, -0.25) is 4.79 Å². The summed E-state index contributed by atoms with van der Waals surface area (Å²) < 4.78 is 11.1. The highest BCUT2D eigenvalue weighted by Gasteiger charge is 2.19. The summed E-state index contributed by atoms with van der Waals surface area (Å²) in [6.45, 7) is 1.66. The molecular weight excluding hydrogens is 306 g/mol. The van der Waals surface area contributed by atoms with Gasteiger partial charge in [-0.15, -0.1) is 0 Å². The molecule has 0 aromatic heterocycles. The molecule has 2 aromatic rings. The molecule has 1 aliphatic heterocycles. The van der Waals surface area contributed by atoms with Crippen molar-refractivity contribution in [3.63, 3.8) is 0 Å². The molecule has 0 aliphatic carbocycles. The third-order valence-corrected chi connectivity index (χ3v) is 3.93. The van der Waals surface area contributed by atoms with Crippen LogP contribution in [0.15, 0.2) is 48.5 Å². The van der Waals surface area contributed by atoms with Crippen LogP contribution in [0.2, 0.25) is 0 Å². The Morgan fingerprint density at radius 1 is 1.25 bits per heavy atom. The first-order valence-electron chi connectivity index (χ1n) is 8.06. The average Bonchev–Trinajstić information content (AvgIpc) is 3.08. The van der Waals surface area contributed by atoms with E-state index in [0.717, 1.165) is 12.0 Å². The first-order chi connectivity index (χ1) is 11.7. The zero-order valence-electron chi connectivity index (χ0n) is 13.4. The number of carbonyl (C=O) groups excluding carboxylic acids is 1. The van der Waals surface area contributed by atoms with Gasteiger partial charge in [0.2, 0.25) is 5.91 Å². The fraction of sp³-hybridized carbons (Fsp3) is 0.316. The lowest BCUT2D eigenvalue weighted by Gasteiger charge is -2.14. The van der Waals surface area contributed by atoms with Crippen LogP contribution in [0.4, 0.5) is 0 Å². The van der Waals surface area contributed by atoms with Crippen molar-refractivity contribution in [1.29, 1.82) is 0 Å². The molecule has 1 atom stereocenters. The number of phenols is 1. The van der Waals surface area contributed by atoms with Gasteiger partial charge in [0.15, 0.2) is 0 Å². The minimum Gasteiger partial charge on any atom is -0.508 e. The van der Waals surface area contributed by atoms with Gasteiger partial charge in [-0.05, 0) is 30.2 Å². The molecule has 2 N–H and O–H groups in total. The van der Waals surface area contributed by atoms with E-state index < -0.39 is 0 Å². The summed E-state index contributed by atoms with van der Waals surface area (Å²) in [4.78, 5) is 12.2. The van der Waals surface area contributed by atoms with Gasteiger partial charge in [-0.2, -0.15) is 0 Å². The second-order valence-corrected chi connectivity index (χ2v) is 5.87. The van der Waals surface area contributed by atoms with E-state index >= 15 is 0 Å². The molecule has 0 radical (unpaired) electrons. The molecule has 0 spiro atoms. The number of phenolic OH excluding ortho intramolecular Hbond substituents is 1. The second-order valence-electron chi connectivity index (χ2n) is 5.87. The number of nitrogens with one attached hydrogen (secondary N) is 1. The van der Waals surface area contributed by atoms with Gasteiger partial charge in [0.25, 0.3) is 0 Å². The molecule has 0 saturated carbocycles. The molecule has 126 valence electrons. The van der Waals surface area contributed by atoms with Crippen LogP contribution in [0.25, 0.3) is 0 Å². The zero-order valence-corrected chi connectivity index (χ0v) is 13.4. The first kappa shape index (κ1) is 16.3. The van der Waals surface area contributed by atoms with Crippen LogP contribution in [0.1, 0.15) is 17.5 Å². The molecule has 1 aliphatic rings. The van der Waals surface area contributed by atoms with E-state index in [1.165, 1.54) is 0 Å². The number of carbonyl (C=O) groups is 1. The van der Waals surface area contributed by atoms with Crippen LogP contribution in [0, 0.1) is 0 Å². The van der Waals surface area contributed by atoms with E-state index in [4.69, 9.17) is 9.47 Å². The number of amides is 1. The van der Waals surface area contributed by atoms with Gasteiger partial charge < -0.3 is 19.9 Å². The van der Waals surface area contributed by atoms with Gasteiger partial charge in [0, 0.05) is 12.2 Å². The number of ether oxygens (including phenoxy) is 2. The molecule has 0 bridgehead atoms. The van der Waals surface area contributed by atoms with Crippen LogP contribution in [-0.2, 0) is 22.6 Å². The van der Waals surface area contributed by atoms with Crippen molar-refractivity contribution in [3.8, 4) is 11.5 Å². The zero-order chi connectivity index (χ0) is 16.8. The highest BCUT2D eigenvalue weighted by atomic mass is 16.5. The summed E-state index contributed by atoms with van der Waals surface area (Å²) >= 11 is 0. The lowest BCUT2D eigenvalue weighted by molar-refractivity contribution is -0.121. The Morgan fingerprint density at radius 3 is 2.83 bits per heavy atom. The Hall–Kier alpha value is -2.53. The summed E-state index contributed by atoms with van der Waals surface area (Å²) in [6, 6.07) is 14.7. The monoisotopic (exact) mass is 327 g/mol. The Kier molecular flexibility index (Phi) is 5.33. The molecule has 1 unspecified atom stereocenters. The van der Waals surface area contributed by atoms with Crippen molar-refractivity contribution in [3.05, 3.63) is 59.7 Å². The van der Waals surface area contributed by atoms with E-state index in [1.807, 2.05) is 30.3 Å². The van der Waals surface area contributed by atoms with E-state index in [2.05, 4.69) is 5.32 Å². The fourth-order valence-electron chi connectivity index (χ4n) is 2.68. The Labute approximate surface area is 141 Å². The quantitative estimate of drug-likeness (QED) is 0.855. The molecule has 1 amide bonds. The van der Waals surface area contributed by atoms with Crippen molar-refractivity contribution in [2.24, 2.45) is 0 Å². The van der Waals surface area contributed by atoms with Gasteiger partial charge in [-0.1, -0.05) is 30.3 Å². The van der Waals surface area contributed by atoms with Crippen molar-refractivity contribution in [2.45, 2.75) is 25.5 Å². The standard InChI is InChI=1S/C19H21NO4/c21-17-6-7-18(24-12-14-4-2-1-3-5-14)15(10-17)11-19(22)20-16-8-9-23-13-16/h1-7,10,16,21H,8-9,11-13H2,(H,20,22). The molecule has 2 aromatic carbocycles. The third-order valence-electron chi connectivity index (χ3n) is 3.93. The van der Waals surface area contributed by atoms with Crippen molar-refractivity contribution < 1.29 is 19.4 Å². The topological polar surface area (TPSA) is 67.8 Å². The van der Waals surface area contributed by atoms with Crippen LogP contribution in [0.5, 0.6) is 11.5 Å². The summed E-state index contributed by atoms with van der Waals surface area (Å²) in [6.07, 6.45) is 0.998. The lowest BCUT2D eigenvalue weighted by Crippen LogP contribution is -2.36. The largest absolute Gasteiger partial charge is 0.508 e. The smallest absolute Gasteiger partial charge is 0.224 e. The lowest BCUT2D eigenvalue weighted by atomic mass is 10.1. The number of hydrogen-bond donors (Lipinski definition) is 2. The molecule has 5 heteroatoms. The Bertz CT molecular complexity index is 681. The second kappa shape index (κ2) is 7.84. The molecule has 1 fully saturated rings. The van der Waals surface area contributed by atoms with E-state index in [9.17, 15) is 9.90 Å². The van der Waals surface area contributed by atoms with Crippen LogP contribution in [-0.4, -0.2) is 30.3 Å². The fourth-order valence-corrected chi connectivity index (χ4v) is 2.68. The van der Waals surface area contributed by atoms with Crippen molar-refractivity contribution >= 4 is 5.91 Å². The summed E-state index contributed by atoms with van der Waals surface area (Å²) in [5, 5.41) is 12.7. The van der Waals surface area contributed by atoms with E-state index in [1.54, 1.807) is 18.2 Å². The van der Waals surface area contributed by atoms with Crippen LogP contribution >= 0.6 is 0 Å². The number of rotatable bonds is 6. The predicted octanol–water partition coefficient (Wildman–Crippen LogP) is 2.42. The molecular formula is C19H21NO4. The maximum atomic E-state index is 12.2. The highest BCUT2D eigenvalue weighted by Crippen LogP contribution is 2.25. The van der Waals surface area contributed by atoms with Gasteiger partial charge >= 0.3 is 0 Å². The normalized spacial score (nSPS) is 16.8. The first-order valence-corrected chi connectivity index (χ1v) is 8.06. The van der Waals surface area contributed by atoms with Crippen molar-refractivity contribution in [1.82, 2.24) is 5.32 Å². The molecule has 24 heavy (non-hydrogen) atoms. The van der Waals surface area contributed by atoms with Gasteiger partial charge in [-0.25, -0.2) is 0 Å². The maximum Gasteiger partial charge on any atom is 0.224 e. The average molecular weight is 327 g/mol. The van der Waals surface area contributed by atoms with Crippen LogP contribution < -0.4 is 10.1 Å². The molecule has 1 saturated heterocycles. The Morgan fingerprint density at radius 2 is 2.08 bits per heavy atom. The number of hydrogen-bond acceptors (Lipinski definition) is 4. The summed E-state index contributed by atoms with van der Waals surface area (Å²) in [7, 11) is 0. The van der Waals surface area contributed by atoms with E-state index in [-0.39, 0.29) is 24.1 Å². The predicted molar refractivity (Wildman–Crippen MR) is 90.0 cm³/mol. The maximum absolute atomic E-state index is 12.2. The summed E-state index contributed by atoms with van der Waals surface area (Å²) in [5.74, 6) is 0.629. The summed E-state index contributed by atoms with van der Waals surface area (Å²) in [5.41, 5.74) is 1.71. The third kappa shape index (κ3) is 4.49. The minimum absolute atomic E-state index is 0.0727. The molecule has 3 rings (SSSR count). The SMILES string of the molecule is O=C(Cc1cc(O)ccc1OCc1ccccc1)NC1CCOC1. The van der Waals surface area contributed by atoms with Gasteiger partial charge in [0.1, 0.15) is 18.1 Å². The van der Waals surface area contributed by atoms with Crippen LogP contribution in [0.3, 0.4) is 0 Å². The highest BCUT2D eigenvalue weighted by molar-refractivity contribution is 5.79.